The predicted molar refractivity (Wildman–Crippen MR) is 118 cm³/mol. The number of hydrogen-bond acceptors (Lipinski definition) is 5. The molecule has 1 N–H and O–H groups in total. The lowest BCUT2D eigenvalue weighted by Gasteiger charge is -2.24. The van der Waals surface area contributed by atoms with Gasteiger partial charge in [-0.05, 0) is 42.7 Å². The van der Waals surface area contributed by atoms with E-state index >= 15 is 0 Å². The first-order valence-electron chi connectivity index (χ1n) is 10.6. The molecule has 1 heterocycles. The minimum absolute atomic E-state index is 0.112. The summed E-state index contributed by atoms with van der Waals surface area (Å²) >= 11 is 0. The number of anilines is 1. The maximum Gasteiger partial charge on any atom is 0.407 e. The Morgan fingerprint density at radius 3 is 2.52 bits per heavy atom. The Kier molecular flexibility index (Phi) is 8.29. The molecule has 0 spiro atoms. The molecule has 1 saturated heterocycles. The van der Waals surface area contributed by atoms with Gasteiger partial charge in [0.15, 0.2) is 0 Å². The van der Waals surface area contributed by atoms with Crippen molar-refractivity contribution in [3.63, 3.8) is 0 Å². The smallest absolute Gasteiger partial charge is 0.407 e. The van der Waals surface area contributed by atoms with Gasteiger partial charge in [0.05, 0.1) is 11.6 Å². The first-order chi connectivity index (χ1) is 15.2. The van der Waals surface area contributed by atoms with Crippen LogP contribution in [0.1, 0.15) is 30.4 Å². The zero-order valence-corrected chi connectivity index (χ0v) is 17.6. The number of nitrogens with zero attached hydrogens (tertiary/aromatic N) is 3. The van der Waals surface area contributed by atoms with Crippen LogP contribution < -0.4 is 10.2 Å². The molecular formula is C24H28N4O3. The molecule has 7 nitrogen and oxygen atoms in total. The fourth-order valence-corrected chi connectivity index (χ4v) is 3.53. The lowest BCUT2D eigenvalue weighted by Crippen LogP contribution is -2.35. The lowest BCUT2D eigenvalue weighted by molar-refractivity contribution is -0.131. The van der Waals surface area contributed by atoms with Crippen molar-refractivity contribution in [2.24, 2.45) is 0 Å². The van der Waals surface area contributed by atoms with Crippen LogP contribution >= 0.6 is 0 Å². The van der Waals surface area contributed by atoms with Gasteiger partial charge < -0.3 is 19.9 Å². The second kappa shape index (κ2) is 11.6. The molecule has 1 aliphatic rings. The summed E-state index contributed by atoms with van der Waals surface area (Å²) in [6.45, 7) is 3.69. The summed E-state index contributed by atoms with van der Waals surface area (Å²) in [6.07, 6.45) is 1.41. The van der Waals surface area contributed by atoms with Gasteiger partial charge in [0, 0.05) is 44.8 Å². The van der Waals surface area contributed by atoms with Crippen LogP contribution in [0.15, 0.2) is 54.6 Å². The normalized spacial score (nSPS) is 13.8. The number of nitriles is 1. The van der Waals surface area contributed by atoms with E-state index in [4.69, 9.17) is 10.00 Å². The van der Waals surface area contributed by atoms with E-state index in [0.717, 1.165) is 37.3 Å². The molecular weight excluding hydrogens is 392 g/mol. The molecule has 2 aromatic carbocycles. The molecule has 1 fully saturated rings. The van der Waals surface area contributed by atoms with Gasteiger partial charge in [0.2, 0.25) is 5.91 Å². The molecule has 3 rings (SSSR count). The summed E-state index contributed by atoms with van der Waals surface area (Å²) in [4.78, 5) is 28.5. The fraction of sp³-hybridized carbons (Fsp3) is 0.375. The zero-order valence-electron chi connectivity index (χ0n) is 17.6. The van der Waals surface area contributed by atoms with Gasteiger partial charge in [-0.1, -0.05) is 30.3 Å². The number of alkyl carbamates (subject to hydrolysis) is 1. The van der Waals surface area contributed by atoms with Gasteiger partial charge >= 0.3 is 6.09 Å². The van der Waals surface area contributed by atoms with Gasteiger partial charge in [0.25, 0.3) is 0 Å². The number of ether oxygens (including phenoxy) is 1. The van der Waals surface area contributed by atoms with Crippen LogP contribution in [-0.4, -0.2) is 49.6 Å². The van der Waals surface area contributed by atoms with E-state index in [1.54, 1.807) is 0 Å². The van der Waals surface area contributed by atoms with Crippen molar-refractivity contribution in [1.82, 2.24) is 10.2 Å². The molecule has 2 aromatic rings. The summed E-state index contributed by atoms with van der Waals surface area (Å²) < 4.78 is 5.17. The first kappa shape index (κ1) is 22.2. The van der Waals surface area contributed by atoms with E-state index in [9.17, 15) is 9.59 Å². The van der Waals surface area contributed by atoms with Gasteiger partial charge in [-0.15, -0.1) is 0 Å². The Labute approximate surface area is 183 Å². The highest BCUT2D eigenvalue weighted by Crippen LogP contribution is 2.17. The molecule has 0 bridgehead atoms. The van der Waals surface area contributed by atoms with Crippen LogP contribution in [0.3, 0.4) is 0 Å². The standard InChI is InChI=1S/C24H28N4O3/c25-18-20-9-11-22(12-10-20)27-14-5-15-28(17-16-27)23(29)8-4-13-26-24(30)31-19-21-6-2-1-3-7-21/h1-3,6-7,9-12H,4-5,8,13-17,19H2,(H,26,30). The van der Waals surface area contributed by atoms with E-state index < -0.39 is 6.09 Å². The van der Waals surface area contributed by atoms with Crippen molar-refractivity contribution >= 4 is 17.7 Å². The molecule has 1 aliphatic heterocycles. The van der Waals surface area contributed by atoms with Gasteiger partial charge in [-0.2, -0.15) is 5.26 Å². The van der Waals surface area contributed by atoms with Crippen LogP contribution in [0, 0.1) is 11.3 Å². The quantitative estimate of drug-likeness (QED) is 0.695. The molecule has 162 valence electrons. The number of carbonyl (C=O) groups is 2. The highest BCUT2D eigenvalue weighted by Gasteiger charge is 2.19. The maximum absolute atomic E-state index is 12.6. The third-order valence-corrected chi connectivity index (χ3v) is 5.26. The third kappa shape index (κ3) is 7.03. The summed E-state index contributed by atoms with van der Waals surface area (Å²) in [5, 5.41) is 11.6. The predicted octanol–water partition coefficient (Wildman–Crippen LogP) is 3.30. The van der Waals surface area contributed by atoms with E-state index in [1.807, 2.05) is 59.5 Å². The number of rotatable bonds is 7. The van der Waals surface area contributed by atoms with Crippen LogP contribution in [0.4, 0.5) is 10.5 Å². The van der Waals surface area contributed by atoms with Crippen molar-refractivity contribution in [3.05, 3.63) is 65.7 Å². The lowest BCUT2D eigenvalue weighted by atomic mass is 10.2. The average Bonchev–Trinajstić information content (AvgIpc) is 3.07. The maximum atomic E-state index is 12.6. The van der Waals surface area contributed by atoms with Gasteiger partial charge in [-0.3, -0.25) is 4.79 Å². The third-order valence-electron chi connectivity index (χ3n) is 5.26. The average molecular weight is 421 g/mol. The number of carbonyl (C=O) groups excluding carboxylic acids is 2. The van der Waals surface area contributed by atoms with Crippen molar-refractivity contribution in [3.8, 4) is 6.07 Å². The topological polar surface area (TPSA) is 85.7 Å². The summed E-state index contributed by atoms with van der Waals surface area (Å²) in [6, 6.07) is 19.2. The first-order valence-corrected chi connectivity index (χ1v) is 10.6. The van der Waals surface area contributed by atoms with Crippen LogP contribution in [0.5, 0.6) is 0 Å². The molecule has 0 aromatic heterocycles. The molecule has 0 atom stereocenters. The Bertz CT molecular complexity index is 893. The summed E-state index contributed by atoms with van der Waals surface area (Å²) in [5.74, 6) is 0.112. The minimum atomic E-state index is -0.468. The molecule has 0 radical (unpaired) electrons. The molecule has 2 amide bonds. The highest BCUT2D eigenvalue weighted by molar-refractivity contribution is 5.76. The number of nitrogens with one attached hydrogen (secondary N) is 1. The molecule has 0 saturated carbocycles. The largest absolute Gasteiger partial charge is 0.445 e. The van der Waals surface area contributed by atoms with Crippen LogP contribution in [0.25, 0.3) is 0 Å². The Hall–Kier alpha value is -3.53. The second-order valence-electron chi connectivity index (χ2n) is 7.47. The van der Waals surface area contributed by atoms with Crippen molar-refractivity contribution in [2.75, 3.05) is 37.6 Å². The molecule has 31 heavy (non-hydrogen) atoms. The summed E-state index contributed by atoms with van der Waals surface area (Å²) in [5.41, 5.74) is 2.66. The highest BCUT2D eigenvalue weighted by atomic mass is 16.5. The number of hydrogen-bond donors (Lipinski definition) is 1. The number of amides is 2. The minimum Gasteiger partial charge on any atom is -0.445 e. The van der Waals surface area contributed by atoms with Crippen LogP contribution in [0.2, 0.25) is 0 Å². The van der Waals surface area contributed by atoms with Crippen molar-refractivity contribution in [2.45, 2.75) is 25.9 Å². The van der Waals surface area contributed by atoms with Crippen molar-refractivity contribution < 1.29 is 14.3 Å². The van der Waals surface area contributed by atoms with Gasteiger partial charge in [-0.25, -0.2) is 4.79 Å². The Morgan fingerprint density at radius 2 is 1.77 bits per heavy atom. The molecule has 0 aliphatic carbocycles. The van der Waals surface area contributed by atoms with E-state index in [-0.39, 0.29) is 12.5 Å². The van der Waals surface area contributed by atoms with E-state index in [1.165, 1.54) is 0 Å². The Morgan fingerprint density at radius 1 is 1.00 bits per heavy atom. The SMILES string of the molecule is N#Cc1ccc(N2CCCN(C(=O)CCCNC(=O)OCc3ccccc3)CC2)cc1. The van der Waals surface area contributed by atoms with E-state index in [0.29, 0.717) is 31.5 Å². The van der Waals surface area contributed by atoms with Crippen molar-refractivity contribution in [1.29, 1.82) is 5.26 Å². The number of benzene rings is 2. The fourth-order valence-electron chi connectivity index (χ4n) is 3.53. The Balaban J connectivity index is 1.34. The van der Waals surface area contributed by atoms with Gasteiger partial charge in [0.1, 0.15) is 6.61 Å². The molecule has 0 unspecified atom stereocenters. The van der Waals surface area contributed by atoms with Crippen LogP contribution in [-0.2, 0) is 16.1 Å². The zero-order chi connectivity index (χ0) is 21.9. The monoisotopic (exact) mass is 420 g/mol. The van der Waals surface area contributed by atoms with E-state index in [2.05, 4.69) is 16.3 Å². The second-order valence-corrected chi connectivity index (χ2v) is 7.47. The summed E-state index contributed by atoms with van der Waals surface area (Å²) in [7, 11) is 0. The molecule has 7 heteroatoms.